The van der Waals surface area contributed by atoms with Gasteiger partial charge in [-0.15, -0.1) is 11.3 Å². The van der Waals surface area contributed by atoms with Gasteiger partial charge in [0, 0.05) is 21.6 Å². The summed E-state index contributed by atoms with van der Waals surface area (Å²) < 4.78 is 22.8. The van der Waals surface area contributed by atoms with Gasteiger partial charge < -0.3 is 5.32 Å². The maximum Gasteiger partial charge on any atom is 0.262 e. The molecule has 21 heavy (non-hydrogen) atoms. The number of halogens is 1. The predicted molar refractivity (Wildman–Crippen MR) is 85.5 cm³/mol. The molecule has 1 aromatic heterocycles. The molecule has 3 unspecified atom stereocenters. The molecule has 0 bridgehead atoms. The standard InChI is InChI=1S/C14H20ClNO3S2/c1-8-4-5-11(6-9(8)2)16-14(17)12-7-13(10(3)20-12)21(15,18)19/h7-9,11H,4-6H2,1-3H3,(H,16,17). The topological polar surface area (TPSA) is 63.2 Å². The van der Waals surface area contributed by atoms with E-state index < -0.39 is 9.05 Å². The lowest BCUT2D eigenvalue weighted by atomic mass is 9.79. The third-order valence-corrected chi connectivity index (χ3v) is 6.92. The number of rotatable bonds is 3. The van der Waals surface area contributed by atoms with Crippen LogP contribution < -0.4 is 5.32 Å². The number of carbonyl (C=O) groups excluding carboxylic acids is 1. The zero-order valence-electron chi connectivity index (χ0n) is 12.3. The first-order chi connectivity index (χ1) is 9.68. The van der Waals surface area contributed by atoms with Crippen molar-refractivity contribution in [3.63, 3.8) is 0 Å². The highest BCUT2D eigenvalue weighted by Crippen LogP contribution is 2.31. The summed E-state index contributed by atoms with van der Waals surface area (Å²) in [5.41, 5.74) is 0. The summed E-state index contributed by atoms with van der Waals surface area (Å²) in [5, 5.41) is 3.01. The molecule has 0 aliphatic heterocycles. The number of amides is 1. The Morgan fingerprint density at radius 2 is 2.00 bits per heavy atom. The van der Waals surface area contributed by atoms with E-state index in [2.05, 4.69) is 19.2 Å². The molecular formula is C14H20ClNO3S2. The molecule has 1 fully saturated rings. The van der Waals surface area contributed by atoms with Crippen LogP contribution in [0.1, 0.15) is 47.7 Å². The fourth-order valence-electron chi connectivity index (χ4n) is 2.75. The van der Waals surface area contributed by atoms with Gasteiger partial charge in [-0.25, -0.2) is 8.42 Å². The summed E-state index contributed by atoms with van der Waals surface area (Å²) in [6.45, 7) is 6.10. The zero-order chi connectivity index (χ0) is 15.8. The van der Waals surface area contributed by atoms with Gasteiger partial charge in [0.1, 0.15) is 0 Å². The van der Waals surface area contributed by atoms with Crippen LogP contribution >= 0.6 is 22.0 Å². The molecule has 3 atom stereocenters. The molecular weight excluding hydrogens is 330 g/mol. The van der Waals surface area contributed by atoms with Gasteiger partial charge in [-0.3, -0.25) is 4.79 Å². The smallest absolute Gasteiger partial charge is 0.262 e. The van der Waals surface area contributed by atoms with Crippen LogP contribution in [0, 0.1) is 18.8 Å². The summed E-state index contributed by atoms with van der Waals surface area (Å²) in [5.74, 6) is 1.07. The molecule has 1 saturated carbocycles. The van der Waals surface area contributed by atoms with Gasteiger partial charge in [-0.05, 0) is 44.1 Å². The Balaban J connectivity index is 2.08. The van der Waals surface area contributed by atoms with Gasteiger partial charge in [0.25, 0.3) is 15.0 Å². The zero-order valence-corrected chi connectivity index (χ0v) is 14.7. The largest absolute Gasteiger partial charge is 0.349 e. The first-order valence-corrected chi connectivity index (χ1v) is 10.2. The minimum atomic E-state index is -3.79. The van der Waals surface area contributed by atoms with Crippen LogP contribution in [0.15, 0.2) is 11.0 Å². The molecule has 2 rings (SSSR count). The Morgan fingerprint density at radius 3 is 2.52 bits per heavy atom. The van der Waals surface area contributed by atoms with Gasteiger partial charge in [-0.2, -0.15) is 0 Å². The van der Waals surface area contributed by atoms with Crippen LogP contribution in [-0.4, -0.2) is 20.4 Å². The third kappa shape index (κ3) is 3.99. The summed E-state index contributed by atoms with van der Waals surface area (Å²) in [6.07, 6.45) is 3.05. The number of aryl methyl sites for hydroxylation is 1. The van der Waals surface area contributed by atoms with Crippen molar-refractivity contribution in [2.75, 3.05) is 0 Å². The van der Waals surface area contributed by atoms with E-state index in [1.165, 1.54) is 6.07 Å². The summed E-state index contributed by atoms with van der Waals surface area (Å²) >= 11 is 1.16. The Bertz CT molecular complexity index is 639. The maximum atomic E-state index is 12.3. The van der Waals surface area contributed by atoms with Gasteiger partial charge in [0.05, 0.1) is 9.77 Å². The molecule has 1 N–H and O–H groups in total. The lowest BCUT2D eigenvalue weighted by molar-refractivity contribution is 0.0914. The molecule has 0 saturated heterocycles. The average Bonchev–Trinajstić information content (AvgIpc) is 2.76. The van der Waals surface area contributed by atoms with Crippen LogP contribution in [0.25, 0.3) is 0 Å². The number of carbonyl (C=O) groups is 1. The molecule has 118 valence electrons. The van der Waals surface area contributed by atoms with Gasteiger partial charge in [0.15, 0.2) is 0 Å². The van der Waals surface area contributed by atoms with E-state index in [4.69, 9.17) is 10.7 Å². The molecule has 0 aromatic carbocycles. The van der Waals surface area contributed by atoms with Crippen LogP contribution in [-0.2, 0) is 9.05 Å². The van der Waals surface area contributed by atoms with Crippen molar-refractivity contribution >= 4 is 37.0 Å². The van der Waals surface area contributed by atoms with Crippen molar-refractivity contribution in [1.29, 1.82) is 0 Å². The van der Waals surface area contributed by atoms with Crippen molar-refractivity contribution in [3.05, 3.63) is 15.8 Å². The van der Waals surface area contributed by atoms with E-state index in [-0.39, 0.29) is 16.8 Å². The fraction of sp³-hybridized carbons (Fsp3) is 0.643. The quantitative estimate of drug-likeness (QED) is 0.849. The number of thiophene rings is 1. The van der Waals surface area contributed by atoms with Crippen molar-refractivity contribution in [3.8, 4) is 0 Å². The summed E-state index contributed by atoms with van der Waals surface area (Å²) in [6, 6.07) is 1.54. The Morgan fingerprint density at radius 1 is 1.33 bits per heavy atom. The fourth-order valence-corrected chi connectivity index (χ4v) is 5.32. The molecule has 0 spiro atoms. The molecule has 1 heterocycles. The van der Waals surface area contributed by atoms with Crippen molar-refractivity contribution in [2.24, 2.45) is 11.8 Å². The van der Waals surface area contributed by atoms with Crippen LogP contribution in [0.5, 0.6) is 0 Å². The van der Waals surface area contributed by atoms with Gasteiger partial charge >= 0.3 is 0 Å². The van der Waals surface area contributed by atoms with E-state index in [0.29, 0.717) is 21.6 Å². The minimum absolute atomic E-state index is 0.0324. The highest BCUT2D eigenvalue weighted by molar-refractivity contribution is 8.13. The molecule has 1 aliphatic rings. The van der Waals surface area contributed by atoms with E-state index in [1.54, 1.807) is 6.92 Å². The predicted octanol–water partition coefficient (Wildman–Crippen LogP) is 3.54. The number of nitrogens with one attached hydrogen (secondary N) is 1. The Hall–Kier alpha value is -0.590. The Kier molecular flexibility index (Phi) is 5.00. The van der Waals surface area contributed by atoms with E-state index in [1.807, 2.05) is 0 Å². The number of hydrogen-bond acceptors (Lipinski definition) is 4. The molecule has 4 nitrogen and oxygen atoms in total. The van der Waals surface area contributed by atoms with Gasteiger partial charge in [-0.1, -0.05) is 13.8 Å². The number of hydrogen-bond donors (Lipinski definition) is 1. The van der Waals surface area contributed by atoms with E-state index >= 15 is 0 Å². The third-order valence-electron chi connectivity index (χ3n) is 4.29. The molecule has 0 radical (unpaired) electrons. The van der Waals surface area contributed by atoms with Crippen LogP contribution in [0.4, 0.5) is 0 Å². The van der Waals surface area contributed by atoms with E-state index in [9.17, 15) is 13.2 Å². The molecule has 1 amide bonds. The van der Waals surface area contributed by atoms with Crippen molar-refractivity contribution in [2.45, 2.75) is 51.0 Å². The first kappa shape index (κ1) is 16.8. The Labute approximate surface area is 134 Å². The summed E-state index contributed by atoms with van der Waals surface area (Å²) in [4.78, 5) is 13.2. The molecule has 1 aliphatic carbocycles. The maximum absolute atomic E-state index is 12.3. The van der Waals surface area contributed by atoms with Crippen LogP contribution in [0.3, 0.4) is 0 Å². The monoisotopic (exact) mass is 349 g/mol. The second kappa shape index (κ2) is 6.26. The van der Waals surface area contributed by atoms with Crippen molar-refractivity contribution in [1.82, 2.24) is 5.32 Å². The highest BCUT2D eigenvalue weighted by atomic mass is 35.7. The van der Waals surface area contributed by atoms with Gasteiger partial charge in [0.2, 0.25) is 0 Å². The second-order valence-corrected chi connectivity index (χ2v) is 9.70. The SMILES string of the molecule is Cc1sc(C(=O)NC2CCC(C)C(C)C2)cc1S(=O)(=O)Cl. The minimum Gasteiger partial charge on any atom is -0.349 e. The average molecular weight is 350 g/mol. The molecule has 7 heteroatoms. The lowest BCUT2D eigenvalue weighted by Gasteiger charge is -2.32. The van der Waals surface area contributed by atoms with E-state index in [0.717, 1.165) is 30.6 Å². The highest BCUT2D eigenvalue weighted by Gasteiger charge is 2.27. The normalized spacial score (nSPS) is 26.6. The second-order valence-electron chi connectivity index (χ2n) is 5.91. The first-order valence-electron chi connectivity index (χ1n) is 7.04. The molecule has 1 aromatic rings. The lowest BCUT2D eigenvalue weighted by Crippen LogP contribution is -2.39. The van der Waals surface area contributed by atoms with Crippen LogP contribution in [0.2, 0.25) is 0 Å². The van der Waals surface area contributed by atoms with Crippen molar-refractivity contribution < 1.29 is 13.2 Å². The summed E-state index contributed by atoms with van der Waals surface area (Å²) in [7, 11) is 1.56.